The van der Waals surface area contributed by atoms with Gasteiger partial charge in [0.15, 0.2) is 5.65 Å². The van der Waals surface area contributed by atoms with E-state index in [9.17, 15) is 17.7 Å². The predicted molar refractivity (Wildman–Crippen MR) is 111 cm³/mol. The smallest absolute Gasteiger partial charge is 0.417 e. The van der Waals surface area contributed by atoms with Crippen LogP contribution in [-0.2, 0) is 24.4 Å². The van der Waals surface area contributed by atoms with Gasteiger partial charge in [0, 0.05) is 41.6 Å². The summed E-state index contributed by atoms with van der Waals surface area (Å²) in [6.07, 6.45) is 1.11. The summed E-state index contributed by atoms with van der Waals surface area (Å²) in [5.41, 5.74) is 6.19. The van der Waals surface area contributed by atoms with Gasteiger partial charge in [0.1, 0.15) is 15.8 Å². The number of hydrogen-bond donors (Lipinski definition) is 1. The SMILES string of the molecule is Cn1cc2cc(-c3cc(C(F)(F)F)c4c(N)c([S@+]([O-])C5CCC5)sc4n3)cnc2n1. The number of anilines is 1. The van der Waals surface area contributed by atoms with Gasteiger partial charge in [-0.25, -0.2) is 9.97 Å². The maximum atomic E-state index is 13.9. The van der Waals surface area contributed by atoms with E-state index in [1.165, 1.54) is 6.20 Å². The van der Waals surface area contributed by atoms with E-state index in [-0.39, 0.29) is 31.1 Å². The van der Waals surface area contributed by atoms with Crippen molar-refractivity contribution in [1.82, 2.24) is 19.7 Å². The maximum Gasteiger partial charge on any atom is 0.417 e. The Balaban J connectivity index is 1.71. The summed E-state index contributed by atoms with van der Waals surface area (Å²) in [5.74, 6) is 0. The largest absolute Gasteiger partial charge is 0.611 e. The van der Waals surface area contributed by atoms with Gasteiger partial charge in [0.25, 0.3) is 0 Å². The second-order valence-corrected chi connectivity index (χ2v) is 10.3. The van der Waals surface area contributed by atoms with Crippen molar-refractivity contribution in [3.8, 4) is 11.3 Å². The Kier molecular flexibility index (Phi) is 4.46. The predicted octanol–water partition coefficient (Wildman–Crippen LogP) is 4.51. The van der Waals surface area contributed by atoms with Crippen molar-refractivity contribution in [1.29, 1.82) is 0 Å². The highest BCUT2D eigenvalue weighted by atomic mass is 32.2. The van der Waals surface area contributed by atoms with E-state index in [0.717, 1.165) is 36.7 Å². The van der Waals surface area contributed by atoms with Crippen LogP contribution in [0.5, 0.6) is 0 Å². The lowest BCUT2D eigenvalue weighted by molar-refractivity contribution is -0.136. The first-order valence-electron chi connectivity index (χ1n) is 9.23. The van der Waals surface area contributed by atoms with Crippen LogP contribution in [0.1, 0.15) is 24.8 Å². The number of aromatic nitrogens is 4. The molecule has 11 heteroatoms. The fourth-order valence-electron chi connectivity index (χ4n) is 3.53. The Bertz CT molecular complexity index is 1280. The number of alkyl halides is 3. The van der Waals surface area contributed by atoms with Gasteiger partial charge in [0.05, 0.1) is 16.6 Å². The molecule has 4 aromatic heterocycles. The highest BCUT2D eigenvalue weighted by Crippen LogP contribution is 2.47. The minimum atomic E-state index is -4.63. The number of fused-ring (bicyclic) bond motifs is 2. The monoisotopic (exact) mass is 451 g/mol. The molecule has 0 bridgehead atoms. The minimum absolute atomic E-state index is 0.0497. The van der Waals surface area contributed by atoms with Gasteiger partial charge in [0.2, 0.25) is 4.21 Å². The molecule has 30 heavy (non-hydrogen) atoms. The number of pyridine rings is 2. The molecule has 4 heterocycles. The van der Waals surface area contributed by atoms with E-state index in [2.05, 4.69) is 15.1 Å². The number of hydrogen-bond acceptors (Lipinski definition) is 6. The fraction of sp³-hybridized carbons (Fsp3) is 0.316. The molecule has 1 fully saturated rings. The second kappa shape index (κ2) is 6.82. The number of nitrogens with two attached hydrogens (primary N) is 1. The number of thiophene rings is 1. The third-order valence-electron chi connectivity index (χ3n) is 5.28. The zero-order valence-corrected chi connectivity index (χ0v) is 17.4. The molecule has 0 aromatic carbocycles. The van der Waals surface area contributed by atoms with Crippen molar-refractivity contribution in [3.63, 3.8) is 0 Å². The van der Waals surface area contributed by atoms with Gasteiger partial charge in [-0.05, 0) is 31.4 Å². The first-order valence-corrected chi connectivity index (χ1v) is 11.3. The van der Waals surface area contributed by atoms with Crippen molar-refractivity contribution >= 4 is 49.5 Å². The van der Waals surface area contributed by atoms with Crippen LogP contribution in [0.25, 0.3) is 32.5 Å². The van der Waals surface area contributed by atoms with Crippen molar-refractivity contribution in [2.24, 2.45) is 7.05 Å². The van der Waals surface area contributed by atoms with E-state index in [1.54, 1.807) is 24.0 Å². The molecule has 6 nitrogen and oxygen atoms in total. The molecule has 4 aromatic rings. The van der Waals surface area contributed by atoms with E-state index in [1.807, 2.05) is 0 Å². The average Bonchev–Trinajstić information content (AvgIpc) is 3.17. The lowest BCUT2D eigenvalue weighted by atomic mass is 10.0. The summed E-state index contributed by atoms with van der Waals surface area (Å²) in [5, 5.41) is 4.65. The molecule has 5 rings (SSSR count). The average molecular weight is 451 g/mol. The summed E-state index contributed by atoms with van der Waals surface area (Å²) < 4.78 is 56.4. The molecule has 2 N–H and O–H groups in total. The summed E-state index contributed by atoms with van der Waals surface area (Å²) >= 11 is -0.441. The summed E-state index contributed by atoms with van der Waals surface area (Å²) in [4.78, 5) is 8.79. The Morgan fingerprint density at radius 1 is 1.30 bits per heavy atom. The van der Waals surface area contributed by atoms with Crippen LogP contribution in [-0.4, -0.2) is 29.6 Å². The molecule has 0 amide bonds. The van der Waals surface area contributed by atoms with Crippen LogP contribution >= 0.6 is 11.3 Å². The highest BCUT2D eigenvalue weighted by molar-refractivity contribution is 7.94. The number of nitrogen functional groups attached to an aromatic ring is 1. The second-order valence-electron chi connectivity index (χ2n) is 7.33. The van der Waals surface area contributed by atoms with Gasteiger partial charge in [-0.15, -0.1) is 0 Å². The molecular formula is C19H16F3N5OS2. The van der Waals surface area contributed by atoms with Crippen molar-refractivity contribution < 1.29 is 17.7 Å². The van der Waals surface area contributed by atoms with Gasteiger partial charge >= 0.3 is 6.18 Å². The van der Waals surface area contributed by atoms with Gasteiger partial charge in [-0.3, -0.25) is 4.68 Å². The molecule has 0 aliphatic heterocycles. The van der Waals surface area contributed by atoms with E-state index in [4.69, 9.17) is 5.73 Å². The van der Waals surface area contributed by atoms with Crippen LogP contribution < -0.4 is 5.73 Å². The van der Waals surface area contributed by atoms with Crippen LogP contribution in [0.2, 0.25) is 0 Å². The first-order chi connectivity index (χ1) is 14.2. The van der Waals surface area contributed by atoms with Gasteiger partial charge in [-0.1, -0.05) is 11.3 Å². The van der Waals surface area contributed by atoms with Crippen molar-refractivity contribution in [3.05, 3.63) is 30.1 Å². The number of nitrogens with zero attached hydrogens (tertiary/aromatic N) is 4. The van der Waals surface area contributed by atoms with Crippen LogP contribution in [0.3, 0.4) is 0 Å². The summed E-state index contributed by atoms with van der Waals surface area (Å²) in [6.45, 7) is 0. The Labute approximate surface area is 176 Å². The van der Waals surface area contributed by atoms with Crippen molar-refractivity contribution in [2.45, 2.75) is 34.9 Å². The number of halogens is 3. The fourth-order valence-corrected chi connectivity index (χ4v) is 6.74. The number of rotatable bonds is 3. The molecule has 1 aliphatic carbocycles. The summed E-state index contributed by atoms with van der Waals surface area (Å²) in [6, 6.07) is 2.69. The molecule has 0 spiro atoms. The number of aryl methyl sites for hydroxylation is 1. The maximum absolute atomic E-state index is 13.9. The molecule has 156 valence electrons. The molecule has 0 saturated heterocycles. The highest BCUT2D eigenvalue weighted by Gasteiger charge is 2.39. The standard InChI is InChI=1S/C19H16F3N5OS2/c1-27-8-10-5-9(7-24-16(10)26-27)13-6-12(19(20,21)22)14-15(23)18(29-17(14)25-13)30(28)11-3-2-4-11/h5-8,11H,2-4,23H2,1H3/t30-/m1/s1. The Morgan fingerprint density at radius 3 is 2.73 bits per heavy atom. The molecule has 1 atom stereocenters. The zero-order chi connectivity index (χ0) is 21.2. The Morgan fingerprint density at radius 2 is 2.07 bits per heavy atom. The van der Waals surface area contributed by atoms with E-state index >= 15 is 0 Å². The van der Waals surface area contributed by atoms with Crippen molar-refractivity contribution in [2.75, 3.05) is 5.73 Å². The third-order valence-corrected chi connectivity index (χ3v) is 8.58. The quantitative estimate of drug-likeness (QED) is 0.463. The van der Waals surface area contributed by atoms with Crippen LogP contribution in [0, 0.1) is 0 Å². The summed E-state index contributed by atoms with van der Waals surface area (Å²) in [7, 11) is 1.74. The first kappa shape index (κ1) is 19.6. The van der Waals surface area contributed by atoms with Crippen LogP contribution in [0.15, 0.2) is 28.7 Å². The third kappa shape index (κ3) is 3.12. The van der Waals surface area contributed by atoms with E-state index in [0.29, 0.717) is 16.6 Å². The molecule has 1 aliphatic rings. The zero-order valence-electron chi connectivity index (χ0n) is 15.7. The van der Waals surface area contributed by atoms with E-state index < -0.39 is 22.9 Å². The topological polar surface area (TPSA) is 92.7 Å². The Hall–Kier alpha value is -2.37. The van der Waals surface area contributed by atoms with Gasteiger partial charge < -0.3 is 10.3 Å². The lowest BCUT2D eigenvalue weighted by Gasteiger charge is -2.27. The molecule has 0 radical (unpaired) electrons. The molecular weight excluding hydrogens is 435 g/mol. The minimum Gasteiger partial charge on any atom is -0.611 e. The molecule has 0 unspecified atom stereocenters. The lowest BCUT2D eigenvalue weighted by Crippen LogP contribution is -2.28. The molecule has 1 saturated carbocycles. The van der Waals surface area contributed by atoms with Gasteiger partial charge in [-0.2, -0.15) is 18.3 Å². The normalized spacial score (nSPS) is 16.3. The van der Waals surface area contributed by atoms with Crippen LogP contribution in [0.4, 0.5) is 18.9 Å².